The summed E-state index contributed by atoms with van der Waals surface area (Å²) in [5, 5.41) is 9.71. The van der Waals surface area contributed by atoms with Gasteiger partial charge in [0.2, 0.25) is 0 Å². The number of likely N-dealkylation sites (tertiary alicyclic amines) is 1. The molecule has 0 bridgehead atoms. The quantitative estimate of drug-likeness (QED) is 0.685. The Balaban J connectivity index is 1.90. The number of β-amino-alcohol motifs (C(OH)–C–C–N with tert-alkyl or cyclic N) is 1. The lowest BCUT2D eigenvalue weighted by Crippen LogP contribution is -2.49. The average Bonchev–Trinajstić information content (AvgIpc) is 2.74. The summed E-state index contributed by atoms with van der Waals surface area (Å²) in [4.78, 5) is 13.7. The van der Waals surface area contributed by atoms with Crippen LogP contribution >= 0.6 is 0 Å². The minimum atomic E-state index is -0.371. The Labute approximate surface area is 90.2 Å². The zero-order valence-electron chi connectivity index (χ0n) is 9.19. The fraction of sp³-hybridized carbons (Fsp3) is 0.909. The minimum Gasteiger partial charge on any atom is -0.391 e. The summed E-state index contributed by atoms with van der Waals surface area (Å²) >= 11 is 0. The van der Waals surface area contributed by atoms with Gasteiger partial charge in [-0.25, -0.2) is 0 Å². The first kappa shape index (κ1) is 10.9. The van der Waals surface area contributed by atoms with Crippen molar-refractivity contribution in [3.05, 3.63) is 0 Å². The van der Waals surface area contributed by atoms with Crippen molar-refractivity contribution in [2.24, 2.45) is 5.92 Å². The largest absolute Gasteiger partial charge is 0.391 e. The van der Waals surface area contributed by atoms with E-state index in [4.69, 9.17) is 4.74 Å². The highest BCUT2D eigenvalue weighted by atomic mass is 16.5. The van der Waals surface area contributed by atoms with Gasteiger partial charge in [-0.15, -0.1) is 0 Å². The van der Waals surface area contributed by atoms with Gasteiger partial charge in [0.25, 0.3) is 5.91 Å². The fourth-order valence-corrected chi connectivity index (χ4v) is 2.23. The lowest BCUT2D eigenvalue weighted by molar-refractivity contribution is -0.145. The number of hydrogen-bond acceptors (Lipinski definition) is 3. The van der Waals surface area contributed by atoms with Crippen molar-refractivity contribution in [2.75, 3.05) is 19.7 Å². The molecule has 1 amide bonds. The number of aliphatic hydroxyl groups excluding tert-OH is 1. The molecule has 2 unspecified atom stereocenters. The summed E-state index contributed by atoms with van der Waals surface area (Å²) in [6.45, 7) is 3.96. The van der Waals surface area contributed by atoms with Gasteiger partial charge in [-0.2, -0.15) is 0 Å². The van der Waals surface area contributed by atoms with E-state index in [0.717, 1.165) is 25.8 Å². The Morgan fingerprint density at radius 2 is 2.27 bits per heavy atom. The van der Waals surface area contributed by atoms with Gasteiger partial charge < -0.3 is 14.7 Å². The van der Waals surface area contributed by atoms with Gasteiger partial charge in [0.05, 0.1) is 6.10 Å². The number of carbonyl (C=O) groups is 1. The van der Waals surface area contributed by atoms with Crippen molar-refractivity contribution < 1.29 is 14.6 Å². The number of amides is 1. The number of aliphatic hydroxyl groups is 1. The molecular formula is C11H19NO3. The Hall–Kier alpha value is -0.610. The van der Waals surface area contributed by atoms with Crippen LogP contribution in [0.1, 0.15) is 26.2 Å². The van der Waals surface area contributed by atoms with Crippen LogP contribution in [0.25, 0.3) is 0 Å². The second-order valence-electron chi connectivity index (χ2n) is 4.62. The molecule has 2 rings (SSSR count). The molecule has 0 radical (unpaired) electrons. The minimum absolute atomic E-state index is 0.0680. The zero-order chi connectivity index (χ0) is 10.8. The summed E-state index contributed by atoms with van der Waals surface area (Å²) in [6, 6.07) is 0. The highest BCUT2D eigenvalue weighted by molar-refractivity contribution is 5.81. The summed E-state index contributed by atoms with van der Waals surface area (Å²) < 4.78 is 5.36. The molecule has 0 aromatic heterocycles. The molecule has 0 saturated carbocycles. The maximum absolute atomic E-state index is 11.9. The number of rotatable bonds is 1. The number of carbonyl (C=O) groups excluding carboxylic acids is 1. The third kappa shape index (κ3) is 2.32. The number of piperidine rings is 1. The van der Waals surface area contributed by atoms with Gasteiger partial charge >= 0.3 is 0 Å². The van der Waals surface area contributed by atoms with Crippen LogP contribution in [0.3, 0.4) is 0 Å². The van der Waals surface area contributed by atoms with E-state index >= 15 is 0 Å². The molecule has 3 atom stereocenters. The maximum Gasteiger partial charge on any atom is 0.251 e. The van der Waals surface area contributed by atoms with Crippen LogP contribution in [0.2, 0.25) is 0 Å². The molecule has 4 heteroatoms. The SMILES string of the molecule is CC1CCN(C(=O)[C@H]2CCCO2)CC1O. The van der Waals surface area contributed by atoms with Crippen LogP contribution in [-0.4, -0.2) is 47.8 Å². The van der Waals surface area contributed by atoms with E-state index in [1.807, 2.05) is 6.92 Å². The van der Waals surface area contributed by atoms with E-state index in [9.17, 15) is 9.90 Å². The first-order chi connectivity index (χ1) is 7.18. The molecule has 2 heterocycles. The van der Waals surface area contributed by atoms with Crippen LogP contribution in [0, 0.1) is 5.92 Å². The molecule has 1 N–H and O–H groups in total. The molecule has 4 nitrogen and oxygen atoms in total. The summed E-state index contributed by atoms with van der Waals surface area (Å²) in [5.74, 6) is 0.372. The molecule has 2 fully saturated rings. The van der Waals surface area contributed by atoms with Crippen LogP contribution in [0.15, 0.2) is 0 Å². The summed E-state index contributed by atoms with van der Waals surface area (Å²) in [6.07, 6.45) is 2.08. The van der Waals surface area contributed by atoms with Gasteiger partial charge in [0, 0.05) is 19.7 Å². The second-order valence-corrected chi connectivity index (χ2v) is 4.62. The summed E-state index contributed by atoms with van der Waals surface area (Å²) in [7, 11) is 0. The maximum atomic E-state index is 11.9. The number of nitrogens with zero attached hydrogens (tertiary/aromatic N) is 1. The van der Waals surface area contributed by atoms with Crippen LogP contribution < -0.4 is 0 Å². The molecule has 0 aromatic rings. The van der Waals surface area contributed by atoms with Crippen molar-refractivity contribution in [1.29, 1.82) is 0 Å². The van der Waals surface area contributed by atoms with Crippen molar-refractivity contribution in [3.63, 3.8) is 0 Å². The zero-order valence-corrected chi connectivity index (χ0v) is 9.19. The van der Waals surface area contributed by atoms with Crippen LogP contribution in [-0.2, 0) is 9.53 Å². The summed E-state index contributed by atoms with van der Waals surface area (Å²) in [5.41, 5.74) is 0. The van der Waals surface area contributed by atoms with Crippen LogP contribution in [0.5, 0.6) is 0 Å². The second kappa shape index (κ2) is 4.49. The highest BCUT2D eigenvalue weighted by Crippen LogP contribution is 2.21. The number of ether oxygens (including phenoxy) is 1. The smallest absolute Gasteiger partial charge is 0.251 e. The van der Waals surface area contributed by atoms with Gasteiger partial charge in [0.1, 0.15) is 6.10 Å². The van der Waals surface area contributed by atoms with Gasteiger partial charge in [-0.05, 0) is 25.2 Å². The third-order valence-electron chi connectivity index (χ3n) is 3.44. The molecule has 0 aromatic carbocycles. The molecular weight excluding hydrogens is 194 g/mol. The number of hydrogen-bond donors (Lipinski definition) is 1. The molecule has 2 saturated heterocycles. The molecule has 86 valence electrons. The monoisotopic (exact) mass is 213 g/mol. The molecule has 2 aliphatic rings. The first-order valence-electron chi connectivity index (χ1n) is 5.77. The van der Waals surface area contributed by atoms with Crippen molar-refractivity contribution in [3.8, 4) is 0 Å². The average molecular weight is 213 g/mol. The van der Waals surface area contributed by atoms with E-state index in [1.165, 1.54) is 0 Å². The topological polar surface area (TPSA) is 49.8 Å². The standard InChI is InChI=1S/C11H19NO3/c1-8-4-5-12(7-9(8)13)11(14)10-3-2-6-15-10/h8-10,13H,2-7H2,1H3/t8?,9?,10-/m1/s1. The predicted molar refractivity (Wildman–Crippen MR) is 55.3 cm³/mol. The van der Waals surface area contributed by atoms with E-state index in [2.05, 4.69) is 0 Å². The van der Waals surface area contributed by atoms with Crippen molar-refractivity contribution >= 4 is 5.91 Å². The van der Waals surface area contributed by atoms with Gasteiger partial charge in [-0.3, -0.25) is 4.79 Å². The van der Waals surface area contributed by atoms with Crippen molar-refractivity contribution in [1.82, 2.24) is 4.90 Å². The lowest BCUT2D eigenvalue weighted by Gasteiger charge is -2.35. The Morgan fingerprint density at radius 3 is 2.87 bits per heavy atom. The van der Waals surface area contributed by atoms with E-state index in [0.29, 0.717) is 19.1 Å². The van der Waals surface area contributed by atoms with Gasteiger partial charge in [0.15, 0.2) is 0 Å². The molecule has 2 aliphatic heterocycles. The van der Waals surface area contributed by atoms with Crippen LogP contribution in [0.4, 0.5) is 0 Å². The van der Waals surface area contributed by atoms with E-state index < -0.39 is 0 Å². The highest BCUT2D eigenvalue weighted by Gasteiger charge is 2.32. The first-order valence-corrected chi connectivity index (χ1v) is 5.77. The van der Waals surface area contributed by atoms with E-state index in [-0.39, 0.29) is 18.1 Å². The van der Waals surface area contributed by atoms with E-state index in [1.54, 1.807) is 4.90 Å². The van der Waals surface area contributed by atoms with Crippen molar-refractivity contribution in [2.45, 2.75) is 38.4 Å². The predicted octanol–water partition coefficient (Wildman–Crippen LogP) is 0.395. The molecule has 15 heavy (non-hydrogen) atoms. The fourth-order valence-electron chi connectivity index (χ4n) is 2.23. The third-order valence-corrected chi connectivity index (χ3v) is 3.44. The Kier molecular flexibility index (Phi) is 3.26. The molecule has 0 spiro atoms. The lowest BCUT2D eigenvalue weighted by atomic mass is 9.95. The molecule has 0 aliphatic carbocycles. The Morgan fingerprint density at radius 1 is 1.47 bits per heavy atom. The van der Waals surface area contributed by atoms with Gasteiger partial charge in [-0.1, -0.05) is 6.92 Å². The normalized spacial score (nSPS) is 36.9. The Bertz CT molecular complexity index is 238.